The van der Waals surface area contributed by atoms with Gasteiger partial charge in [0.15, 0.2) is 23.0 Å². The van der Waals surface area contributed by atoms with Gasteiger partial charge in [-0.3, -0.25) is 9.59 Å². The summed E-state index contributed by atoms with van der Waals surface area (Å²) >= 11 is 0. The van der Waals surface area contributed by atoms with E-state index in [9.17, 15) is 9.59 Å². The van der Waals surface area contributed by atoms with E-state index in [0.29, 0.717) is 48.7 Å². The summed E-state index contributed by atoms with van der Waals surface area (Å²) in [6.07, 6.45) is 2.98. The number of ketones is 1. The molecule has 5 atom stereocenters. The lowest BCUT2D eigenvalue weighted by molar-refractivity contribution is -0.137. The van der Waals surface area contributed by atoms with E-state index in [2.05, 4.69) is 20.4 Å². The summed E-state index contributed by atoms with van der Waals surface area (Å²) in [6.45, 7) is 9.10. The molecule has 0 spiro atoms. The van der Waals surface area contributed by atoms with Gasteiger partial charge >= 0.3 is 0 Å². The Morgan fingerprint density at radius 2 is 1.91 bits per heavy atom. The third-order valence-corrected chi connectivity index (χ3v) is 7.20. The zero-order valence-electron chi connectivity index (χ0n) is 19.8. The molecule has 1 aliphatic carbocycles. The summed E-state index contributed by atoms with van der Waals surface area (Å²) in [7, 11) is 3.16. The van der Waals surface area contributed by atoms with Gasteiger partial charge in [0.05, 0.1) is 31.2 Å². The number of methoxy groups -OCH3 is 2. The van der Waals surface area contributed by atoms with Crippen molar-refractivity contribution in [1.29, 1.82) is 0 Å². The van der Waals surface area contributed by atoms with Crippen LogP contribution in [0.1, 0.15) is 38.3 Å². The van der Waals surface area contributed by atoms with Crippen molar-refractivity contribution in [1.82, 2.24) is 4.90 Å². The maximum atomic E-state index is 13.8. The average molecular weight is 456 g/mol. The Bertz CT molecular complexity index is 970. The number of rotatable bonds is 8. The van der Waals surface area contributed by atoms with E-state index >= 15 is 0 Å². The number of Topliss-reactive ketones (excluding diaryl/α,β-unsaturated/α-hetero) is 1. The number of hydrogen-bond donors (Lipinski definition) is 0. The molecular formula is C26H33NO6. The van der Waals surface area contributed by atoms with Crippen LogP contribution in [0.2, 0.25) is 0 Å². The molecule has 1 fully saturated rings. The van der Waals surface area contributed by atoms with Crippen molar-refractivity contribution in [2.75, 3.05) is 34.0 Å². The van der Waals surface area contributed by atoms with Crippen molar-refractivity contribution >= 4 is 11.7 Å². The first-order valence-corrected chi connectivity index (χ1v) is 11.6. The fourth-order valence-corrected chi connectivity index (χ4v) is 5.20. The van der Waals surface area contributed by atoms with Crippen LogP contribution in [0, 0.1) is 17.8 Å². The molecule has 2 heterocycles. The molecule has 33 heavy (non-hydrogen) atoms. The van der Waals surface area contributed by atoms with E-state index in [1.807, 2.05) is 12.1 Å². The van der Waals surface area contributed by atoms with Crippen LogP contribution in [0.5, 0.6) is 11.5 Å². The van der Waals surface area contributed by atoms with E-state index in [1.165, 1.54) is 0 Å². The van der Waals surface area contributed by atoms with E-state index in [4.69, 9.17) is 18.9 Å². The molecule has 3 aliphatic rings. The molecule has 0 saturated heterocycles. The summed E-state index contributed by atoms with van der Waals surface area (Å²) in [5.41, 5.74) is 1.24. The Morgan fingerprint density at radius 1 is 1.15 bits per heavy atom. The smallest absolute Gasteiger partial charge is 0.290 e. The van der Waals surface area contributed by atoms with Crippen LogP contribution in [0.4, 0.5) is 0 Å². The number of carbonyl (C=O) groups excluding carboxylic acids is 2. The minimum Gasteiger partial charge on any atom is -0.493 e. The lowest BCUT2D eigenvalue weighted by atomic mass is 9.70. The molecule has 0 aromatic heterocycles. The number of carbonyl (C=O) groups is 2. The minimum atomic E-state index is -0.548. The molecule has 7 nitrogen and oxygen atoms in total. The highest BCUT2D eigenvalue weighted by atomic mass is 16.5. The maximum absolute atomic E-state index is 13.8. The monoisotopic (exact) mass is 455 g/mol. The number of fused-ring (bicyclic) bond motifs is 1. The highest BCUT2D eigenvalue weighted by molar-refractivity contribution is 6.11. The van der Waals surface area contributed by atoms with Gasteiger partial charge in [0.1, 0.15) is 12.7 Å². The molecule has 2 aliphatic heterocycles. The second kappa shape index (κ2) is 9.59. The Morgan fingerprint density at radius 3 is 2.61 bits per heavy atom. The van der Waals surface area contributed by atoms with E-state index in [1.54, 1.807) is 31.3 Å². The summed E-state index contributed by atoms with van der Waals surface area (Å²) in [4.78, 5) is 28.9. The molecule has 0 N–H and O–H groups in total. The number of ether oxygens (including phenoxy) is 4. The van der Waals surface area contributed by atoms with Gasteiger partial charge in [0, 0.05) is 13.7 Å². The zero-order chi connectivity index (χ0) is 23.7. The van der Waals surface area contributed by atoms with Gasteiger partial charge in [-0.25, -0.2) is 0 Å². The summed E-state index contributed by atoms with van der Waals surface area (Å²) in [5.74, 6) is 1.75. The summed E-state index contributed by atoms with van der Waals surface area (Å²) in [5, 5.41) is 0. The van der Waals surface area contributed by atoms with Gasteiger partial charge in [0.25, 0.3) is 5.91 Å². The third-order valence-electron chi connectivity index (χ3n) is 7.20. The predicted octanol–water partition coefficient (Wildman–Crippen LogP) is 3.69. The molecule has 1 amide bonds. The molecule has 178 valence electrons. The molecule has 1 aromatic carbocycles. The standard InChI is InChI=1S/C26H33NO6/c1-6-10-32-19-8-7-17(14-21(19)31-5)23-22-24(28)18-12-15(2)16(3)13-20(18)33-25(22)26(29)27(23)9-11-30-4/h6-8,14-16,18,20,23H,1,9-13H2,2-5H3. The van der Waals surface area contributed by atoms with Crippen molar-refractivity contribution in [2.45, 2.75) is 38.8 Å². The summed E-state index contributed by atoms with van der Waals surface area (Å²) < 4.78 is 22.7. The molecule has 0 radical (unpaired) electrons. The van der Waals surface area contributed by atoms with E-state index < -0.39 is 6.04 Å². The number of amides is 1. The normalized spacial score (nSPS) is 28.8. The van der Waals surface area contributed by atoms with Crippen molar-refractivity contribution in [3.63, 3.8) is 0 Å². The van der Waals surface area contributed by atoms with Crippen molar-refractivity contribution in [3.8, 4) is 11.5 Å². The fraction of sp³-hybridized carbons (Fsp3) is 0.538. The second-order valence-electron chi connectivity index (χ2n) is 9.20. The Kier molecular flexibility index (Phi) is 6.79. The zero-order valence-corrected chi connectivity index (χ0v) is 19.8. The average Bonchev–Trinajstić information content (AvgIpc) is 3.09. The first kappa shape index (κ1) is 23.4. The molecule has 1 aromatic rings. The van der Waals surface area contributed by atoms with Gasteiger partial charge in [-0.05, 0) is 42.4 Å². The predicted molar refractivity (Wildman–Crippen MR) is 123 cm³/mol. The van der Waals surface area contributed by atoms with Crippen LogP contribution in [-0.4, -0.2) is 56.7 Å². The number of benzene rings is 1. The van der Waals surface area contributed by atoms with Crippen LogP contribution in [0.3, 0.4) is 0 Å². The van der Waals surface area contributed by atoms with Crippen LogP contribution >= 0.6 is 0 Å². The van der Waals surface area contributed by atoms with Gasteiger partial charge in [0.2, 0.25) is 0 Å². The highest BCUT2D eigenvalue weighted by Gasteiger charge is 2.53. The quantitative estimate of drug-likeness (QED) is 0.557. The number of nitrogens with zero attached hydrogens (tertiary/aromatic N) is 1. The van der Waals surface area contributed by atoms with Crippen LogP contribution < -0.4 is 9.47 Å². The SMILES string of the molecule is C=CCOc1ccc(C2C3=C(OC4CC(C)C(C)CC4C3=O)C(=O)N2CCOC)cc1OC. The molecule has 7 heteroatoms. The Labute approximate surface area is 195 Å². The fourth-order valence-electron chi connectivity index (χ4n) is 5.20. The van der Waals surface area contributed by atoms with Crippen LogP contribution in [-0.2, 0) is 19.1 Å². The van der Waals surface area contributed by atoms with Gasteiger partial charge in [-0.15, -0.1) is 0 Å². The minimum absolute atomic E-state index is 0.0317. The lowest BCUT2D eigenvalue weighted by Crippen LogP contribution is -2.43. The summed E-state index contributed by atoms with van der Waals surface area (Å²) in [6, 6.07) is 4.96. The Hall–Kier alpha value is -2.80. The largest absolute Gasteiger partial charge is 0.493 e. The first-order chi connectivity index (χ1) is 15.9. The molecular weight excluding hydrogens is 422 g/mol. The van der Waals surface area contributed by atoms with Crippen LogP contribution in [0.15, 0.2) is 42.2 Å². The third kappa shape index (κ3) is 4.14. The first-order valence-electron chi connectivity index (χ1n) is 11.6. The van der Waals surface area contributed by atoms with Gasteiger partial charge in [-0.1, -0.05) is 32.6 Å². The van der Waals surface area contributed by atoms with Gasteiger partial charge in [-0.2, -0.15) is 0 Å². The second-order valence-corrected chi connectivity index (χ2v) is 9.20. The van der Waals surface area contributed by atoms with Crippen molar-refractivity contribution < 1.29 is 28.5 Å². The molecule has 5 unspecified atom stereocenters. The topological polar surface area (TPSA) is 74.3 Å². The van der Waals surface area contributed by atoms with Crippen molar-refractivity contribution in [3.05, 3.63) is 47.7 Å². The lowest BCUT2D eigenvalue weighted by Gasteiger charge is -2.40. The molecule has 4 rings (SSSR count). The Balaban J connectivity index is 1.75. The van der Waals surface area contributed by atoms with E-state index in [0.717, 1.165) is 18.4 Å². The van der Waals surface area contributed by atoms with Crippen LogP contribution in [0.25, 0.3) is 0 Å². The highest BCUT2D eigenvalue weighted by Crippen LogP contribution is 2.49. The molecule has 1 saturated carbocycles. The van der Waals surface area contributed by atoms with E-state index in [-0.39, 0.29) is 29.5 Å². The molecule has 0 bridgehead atoms. The maximum Gasteiger partial charge on any atom is 0.290 e. The van der Waals surface area contributed by atoms with Crippen molar-refractivity contribution in [2.24, 2.45) is 17.8 Å². The van der Waals surface area contributed by atoms with Gasteiger partial charge < -0.3 is 23.8 Å². The number of hydrogen-bond acceptors (Lipinski definition) is 6.